The van der Waals surface area contributed by atoms with E-state index in [9.17, 15) is 13.2 Å². The Morgan fingerprint density at radius 1 is 1.15 bits per heavy atom. The van der Waals surface area contributed by atoms with E-state index in [2.05, 4.69) is 6.92 Å². The Bertz CT molecular complexity index is 729. The van der Waals surface area contributed by atoms with E-state index in [1.54, 1.807) is 12.1 Å². The van der Waals surface area contributed by atoms with Gasteiger partial charge in [-0.25, -0.2) is 8.42 Å². The standard InChI is InChI=1S/C19H28N2O5S/c1-2-16-5-3-4-10-21(16)19(22)15-26-17-6-8-18(9-7-17)27(23,24)20-11-13-25-14-12-20/h6-9,16H,2-5,10-15H2,1H3/t16-/m1/s1. The molecule has 2 aliphatic heterocycles. The van der Waals surface area contributed by atoms with Crippen LogP contribution in [0.2, 0.25) is 0 Å². The summed E-state index contributed by atoms with van der Waals surface area (Å²) in [7, 11) is -3.52. The van der Waals surface area contributed by atoms with Crippen molar-refractivity contribution in [1.29, 1.82) is 0 Å². The molecular weight excluding hydrogens is 368 g/mol. The highest BCUT2D eigenvalue weighted by atomic mass is 32.2. The van der Waals surface area contributed by atoms with Gasteiger partial charge in [-0.15, -0.1) is 0 Å². The number of hydrogen-bond acceptors (Lipinski definition) is 5. The molecule has 0 N–H and O–H groups in total. The molecule has 0 bridgehead atoms. The number of carbonyl (C=O) groups is 1. The van der Waals surface area contributed by atoms with Crippen molar-refractivity contribution in [3.05, 3.63) is 24.3 Å². The third-order valence-electron chi connectivity index (χ3n) is 5.21. The van der Waals surface area contributed by atoms with Crippen molar-refractivity contribution in [2.75, 3.05) is 39.5 Å². The lowest BCUT2D eigenvalue weighted by Crippen LogP contribution is -2.45. The smallest absolute Gasteiger partial charge is 0.260 e. The summed E-state index contributed by atoms with van der Waals surface area (Å²) >= 11 is 0. The second-order valence-electron chi connectivity index (χ2n) is 6.92. The van der Waals surface area contributed by atoms with Crippen LogP contribution >= 0.6 is 0 Å². The molecule has 7 nitrogen and oxygen atoms in total. The number of likely N-dealkylation sites (tertiary alicyclic amines) is 1. The third-order valence-corrected chi connectivity index (χ3v) is 7.13. The zero-order valence-corrected chi connectivity index (χ0v) is 16.6. The van der Waals surface area contributed by atoms with E-state index in [0.29, 0.717) is 38.1 Å². The first-order valence-electron chi connectivity index (χ1n) is 9.62. The van der Waals surface area contributed by atoms with Crippen LogP contribution in [-0.2, 0) is 19.6 Å². The summed E-state index contributed by atoms with van der Waals surface area (Å²) in [6.45, 7) is 4.43. The SMILES string of the molecule is CC[C@@H]1CCCCN1C(=O)COc1ccc(S(=O)(=O)N2CCOCC2)cc1. The summed E-state index contributed by atoms with van der Waals surface area (Å²) < 4.78 is 37.5. The number of carbonyl (C=O) groups excluding carboxylic acids is 1. The van der Waals surface area contributed by atoms with Crippen LogP contribution < -0.4 is 4.74 Å². The average Bonchev–Trinajstić information content (AvgIpc) is 2.73. The minimum Gasteiger partial charge on any atom is -0.484 e. The van der Waals surface area contributed by atoms with Gasteiger partial charge in [-0.05, 0) is 49.9 Å². The molecule has 0 spiro atoms. The lowest BCUT2D eigenvalue weighted by Gasteiger charge is -2.35. The number of nitrogens with zero attached hydrogens (tertiary/aromatic N) is 2. The molecule has 1 atom stereocenters. The predicted molar refractivity (Wildman–Crippen MR) is 101 cm³/mol. The van der Waals surface area contributed by atoms with Crippen LogP contribution in [0.15, 0.2) is 29.2 Å². The summed E-state index contributed by atoms with van der Waals surface area (Å²) in [4.78, 5) is 14.6. The fourth-order valence-electron chi connectivity index (χ4n) is 3.63. The quantitative estimate of drug-likeness (QED) is 0.734. The summed E-state index contributed by atoms with van der Waals surface area (Å²) in [5.74, 6) is 0.487. The lowest BCUT2D eigenvalue weighted by atomic mass is 10.00. The van der Waals surface area contributed by atoms with E-state index < -0.39 is 10.0 Å². The van der Waals surface area contributed by atoms with Crippen LogP contribution in [0.4, 0.5) is 0 Å². The molecule has 2 saturated heterocycles. The molecule has 3 rings (SSSR count). The number of sulfonamides is 1. The van der Waals surface area contributed by atoms with Crippen LogP contribution in [-0.4, -0.2) is 69.0 Å². The molecule has 0 aliphatic carbocycles. The largest absolute Gasteiger partial charge is 0.484 e. The Labute approximate surface area is 161 Å². The van der Waals surface area contributed by atoms with Crippen LogP contribution in [0.3, 0.4) is 0 Å². The van der Waals surface area contributed by atoms with Gasteiger partial charge in [-0.2, -0.15) is 4.31 Å². The zero-order valence-electron chi connectivity index (χ0n) is 15.8. The fraction of sp³-hybridized carbons (Fsp3) is 0.632. The van der Waals surface area contributed by atoms with Crippen molar-refractivity contribution in [2.45, 2.75) is 43.5 Å². The highest BCUT2D eigenvalue weighted by Gasteiger charge is 2.27. The van der Waals surface area contributed by atoms with Gasteiger partial charge in [-0.3, -0.25) is 4.79 Å². The van der Waals surface area contributed by atoms with Crippen molar-refractivity contribution in [2.24, 2.45) is 0 Å². The van der Waals surface area contributed by atoms with E-state index in [1.165, 1.54) is 22.9 Å². The van der Waals surface area contributed by atoms with Crippen molar-refractivity contribution in [3.63, 3.8) is 0 Å². The Morgan fingerprint density at radius 3 is 2.52 bits per heavy atom. The van der Waals surface area contributed by atoms with Gasteiger partial charge in [0.05, 0.1) is 18.1 Å². The Hall–Kier alpha value is -1.64. The first-order chi connectivity index (χ1) is 13.0. The average molecular weight is 397 g/mol. The van der Waals surface area contributed by atoms with Crippen LogP contribution in [0.5, 0.6) is 5.75 Å². The van der Waals surface area contributed by atoms with Gasteiger partial charge in [0.1, 0.15) is 5.75 Å². The number of ether oxygens (including phenoxy) is 2. The normalized spacial score (nSPS) is 21.8. The number of hydrogen-bond donors (Lipinski definition) is 0. The highest BCUT2D eigenvalue weighted by molar-refractivity contribution is 7.89. The third kappa shape index (κ3) is 4.80. The van der Waals surface area contributed by atoms with Crippen LogP contribution in [0.1, 0.15) is 32.6 Å². The maximum absolute atomic E-state index is 12.6. The first kappa shape index (κ1) is 20.1. The van der Waals surface area contributed by atoms with Gasteiger partial charge in [0.15, 0.2) is 6.61 Å². The number of morpholine rings is 1. The molecule has 27 heavy (non-hydrogen) atoms. The van der Waals surface area contributed by atoms with Crippen LogP contribution in [0.25, 0.3) is 0 Å². The van der Waals surface area contributed by atoms with Crippen molar-refractivity contribution >= 4 is 15.9 Å². The molecule has 1 aromatic rings. The van der Waals surface area contributed by atoms with E-state index >= 15 is 0 Å². The second-order valence-corrected chi connectivity index (χ2v) is 8.86. The molecule has 2 heterocycles. The van der Waals surface area contributed by atoms with E-state index in [0.717, 1.165) is 25.8 Å². The summed E-state index contributed by atoms with van der Waals surface area (Å²) in [6, 6.07) is 6.57. The molecule has 1 aromatic carbocycles. The monoisotopic (exact) mass is 396 g/mol. The van der Waals surface area contributed by atoms with Crippen molar-refractivity contribution in [1.82, 2.24) is 9.21 Å². The molecular formula is C19H28N2O5S. The molecule has 0 aromatic heterocycles. The highest BCUT2D eigenvalue weighted by Crippen LogP contribution is 2.22. The second kappa shape index (κ2) is 9.03. The Balaban J connectivity index is 1.58. The van der Waals surface area contributed by atoms with Crippen LogP contribution in [0, 0.1) is 0 Å². The number of rotatable bonds is 6. The summed E-state index contributed by atoms with van der Waals surface area (Å²) in [5, 5.41) is 0. The number of amides is 1. The molecule has 0 radical (unpaired) electrons. The maximum atomic E-state index is 12.6. The molecule has 150 valence electrons. The Kier molecular flexibility index (Phi) is 6.73. The topological polar surface area (TPSA) is 76.2 Å². The maximum Gasteiger partial charge on any atom is 0.260 e. The minimum atomic E-state index is -3.52. The van der Waals surface area contributed by atoms with E-state index in [4.69, 9.17) is 9.47 Å². The van der Waals surface area contributed by atoms with Gasteiger partial charge in [0.25, 0.3) is 5.91 Å². The first-order valence-corrected chi connectivity index (χ1v) is 11.1. The predicted octanol–water partition coefficient (Wildman–Crippen LogP) is 1.88. The van der Waals surface area contributed by atoms with Crippen molar-refractivity contribution < 1.29 is 22.7 Å². The molecule has 0 saturated carbocycles. The van der Waals surface area contributed by atoms with E-state index in [1.807, 2.05) is 4.90 Å². The lowest BCUT2D eigenvalue weighted by molar-refractivity contribution is -0.137. The Morgan fingerprint density at radius 2 is 1.85 bits per heavy atom. The van der Waals surface area contributed by atoms with Gasteiger partial charge in [-0.1, -0.05) is 6.92 Å². The molecule has 0 unspecified atom stereocenters. The van der Waals surface area contributed by atoms with Crippen molar-refractivity contribution in [3.8, 4) is 5.75 Å². The summed E-state index contributed by atoms with van der Waals surface area (Å²) in [5.41, 5.74) is 0. The summed E-state index contributed by atoms with van der Waals surface area (Å²) in [6.07, 6.45) is 4.22. The van der Waals surface area contributed by atoms with Gasteiger partial charge < -0.3 is 14.4 Å². The molecule has 2 fully saturated rings. The van der Waals surface area contributed by atoms with Gasteiger partial charge in [0, 0.05) is 25.7 Å². The van der Waals surface area contributed by atoms with Gasteiger partial charge in [0.2, 0.25) is 10.0 Å². The molecule has 2 aliphatic rings. The minimum absolute atomic E-state index is 0.00781. The zero-order chi connectivity index (χ0) is 19.3. The van der Waals surface area contributed by atoms with E-state index in [-0.39, 0.29) is 17.4 Å². The number of benzene rings is 1. The molecule has 1 amide bonds. The molecule has 8 heteroatoms. The van der Waals surface area contributed by atoms with Gasteiger partial charge >= 0.3 is 0 Å². The number of piperidine rings is 1. The fourth-order valence-corrected chi connectivity index (χ4v) is 5.03.